The van der Waals surface area contributed by atoms with Crippen molar-refractivity contribution < 1.29 is 17.6 Å². The summed E-state index contributed by atoms with van der Waals surface area (Å²) in [4.78, 5) is 1.47. The molecule has 1 saturated heterocycles. The molecule has 1 aliphatic rings. The largest absolute Gasteiger partial charge is 0.393 e. The predicted molar refractivity (Wildman–Crippen MR) is 65.3 cm³/mol. The zero-order valence-corrected chi connectivity index (χ0v) is 10.4. The minimum atomic E-state index is -4.22. The van der Waals surface area contributed by atoms with Crippen molar-refractivity contribution in [2.45, 2.75) is 25.6 Å². The fourth-order valence-corrected chi connectivity index (χ4v) is 2.40. The fraction of sp³-hybridized carbons (Fsp3) is 0.538. The molecule has 0 spiro atoms. The summed E-state index contributed by atoms with van der Waals surface area (Å²) in [6.07, 6.45) is -3.68. The van der Waals surface area contributed by atoms with Crippen molar-refractivity contribution in [1.29, 1.82) is 0 Å². The maximum absolute atomic E-state index is 13.9. The first-order valence-corrected chi connectivity index (χ1v) is 6.22. The molecule has 0 aliphatic carbocycles. The van der Waals surface area contributed by atoms with Crippen LogP contribution in [-0.4, -0.2) is 19.3 Å². The molecule has 0 radical (unpaired) electrons. The van der Waals surface area contributed by atoms with Crippen molar-refractivity contribution in [3.63, 3.8) is 0 Å². The van der Waals surface area contributed by atoms with Gasteiger partial charge in [0.25, 0.3) is 0 Å². The van der Waals surface area contributed by atoms with Gasteiger partial charge in [0.05, 0.1) is 11.6 Å². The predicted octanol–water partition coefficient (Wildman–Crippen LogP) is 3.06. The molecular weight excluding hydrogens is 260 g/mol. The average Bonchev–Trinajstić information content (AvgIpc) is 2.37. The molecule has 1 aliphatic heterocycles. The van der Waals surface area contributed by atoms with E-state index in [0.29, 0.717) is 18.5 Å². The molecular formula is C13H16F4N2. The van der Waals surface area contributed by atoms with Crippen molar-refractivity contribution in [2.75, 3.05) is 18.0 Å². The van der Waals surface area contributed by atoms with Gasteiger partial charge in [-0.2, -0.15) is 13.2 Å². The third-order valence-corrected chi connectivity index (χ3v) is 3.47. The molecule has 1 fully saturated rings. The van der Waals surface area contributed by atoms with Crippen molar-refractivity contribution in [3.05, 3.63) is 29.6 Å². The summed E-state index contributed by atoms with van der Waals surface area (Å²) >= 11 is 0. The van der Waals surface area contributed by atoms with Gasteiger partial charge in [0.15, 0.2) is 0 Å². The highest BCUT2D eigenvalue weighted by Crippen LogP contribution is 2.35. The topological polar surface area (TPSA) is 29.3 Å². The van der Waals surface area contributed by atoms with Gasteiger partial charge in [-0.3, -0.25) is 0 Å². The van der Waals surface area contributed by atoms with Crippen LogP contribution in [0.4, 0.5) is 23.2 Å². The van der Waals surface area contributed by atoms with Crippen LogP contribution in [0, 0.1) is 11.7 Å². The monoisotopic (exact) mass is 276 g/mol. The maximum Gasteiger partial charge on any atom is 0.393 e. The summed E-state index contributed by atoms with van der Waals surface area (Å²) in [5.41, 5.74) is 6.26. The molecule has 19 heavy (non-hydrogen) atoms. The van der Waals surface area contributed by atoms with Crippen LogP contribution in [-0.2, 0) is 6.54 Å². The molecule has 1 aromatic rings. The second kappa shape index (κ2) is 5.36. The Balaban J connectivity index is 2.17. The lowest BCUT2D eigenvalue weighted by molar-refractivity contribution is -0.176. The number of nitrogens with zero attached hydrogens (tertiary/aromatic N) is 1. The Labute approximate surface area is 109 Å². The lowest BCUT2D eigenvalue weighted by Gasteiger charge is -2.35. The van der Waals surface area contributed by atoms with Crippen LogP contribution in [0.2, 0.25) is 0 Å². The van der Waals surface area contributed by atoms with E-state index in [4.69, 9.17) is 5.73 Å². The number of rotatable bonds is 2. The Hall–Kier alpha value is -1.30. The van der Waals surface area contributed by atoms with Crippen LogP contribution in [0.1, 0.15) is 18.4 Å². The summed E-state index contributed by atoms with van der Waals surface area (Å²) in [5, 5.41) is 0. The first-order valence-electron chi connectivity index (χ1n) is 6.22. The molecule has 1 atom stereocenters. The van der Waals surface area contributed by atoms with Crippen molar-refractivity contribution in [2.24, 2.45) is 11.7 Å². The summed E-state index contributed by atoms with van der Waals surface area (Å²) in [7, 11) is 0. The molecule has 0 saturated carbocycles. The van der Waals surface area contributed by atoms with Gasteiger partial charge in [0.2, 0.25) is 0 Å². The normalized spacial score (nSPS) is 20.7. The zero-order valence-electron chi connectivity index (χ0n) is 10.4. The third-order valence-electron chi connectivity index (χ3n) is 3.47. The fourth-order valence-electron chi connectivity index (χ4n) is 2.40. The smallest absolute Gasteiger partial charge is 0.369 e. The third kappa shape index (κ3) is 3.18. The number of benzene rings is 1. The highest BCUT2D eigenvalue weighted by Gasteiger charge is 2.42. The van der Waals surface area contributed by atoms with Crippen molar-refractivity contribution >= 4 is 5.69 Å². The van der Waals surface area contributed by atoms with Crippen LogP contribution in [0.15, 0.2) is 18.2 Å². The van der Waals surface area contributed by atoms with Gasteiger partial charge in [-0.05, 0) is 30.5 Å². The Morgan fingerprint density at radius 2 is 2.05 bits per heavy atom. The zero-order chi connectivity index (χ0) is 14.0. The van der Waals surface area contributed by atoms with Gasteiger partial charge in [-0.15, -0.1) is 0 Å². The van der Waals surface area contributed by atoms with E-state index in [1.165, 1.54) is 17.0 Å². The van der Waals surface area contributed by atoms with Crippen LogP contribution < -0.4 is 10.6 Å². The molecule has 1 heterocycles. The minimum Gasteiger partial charge on any atom is -0.369 e. The van der Waals surface area contributed by atoms with E-state index in [9.17, 15) is 17.6 Å². The first-order chi connectivity index (χ1) is 8.91. The van der Waals surface area contributed by atoms with Crippen molar-refractivity contribution in [3.8, 4) is 0 Å². The van der Waals surface area contributed by atoms with Gasteiger partial charge in [0.1, 0.15) is 5.82 Å². The molecule has 2 nitrogen and oxygen atoms in total. The second-order valence-electron chi connectivity index (χ2n) is 4.82. The van der Waals surface area contributed by atoms with Crippen LogP contribution in [0.5, 0.6) is 0 Å². The number of anilines is 1. The number of piperidine rings is 1. The summed E-state index contributed by atoms with van der Waals surface area (Å²) in [6.45, 7) is 0.482. The highest BCUT2D eigenvalue weighted by atomic mass is 19.4. The SMILES string of the molecule is NCc1ccc(N2CCCC(C(F)(F)F)C2)c(F)c1. The summed E-state index contributed by atoms with van der Waals surface area (Å²) < 4.78 is 52.0. The van der Waals surface area contributed by atoms with Gasteiger partial charge < -0.3 is 10.6 Å². The highest BCUT2D eigenvalue weighted by molar-refractivity contribution is 5.49. The molecule has 106 valence electrons. The Kier molecular flexibility index (Phi) is 3.99. The molecule has 0 amide bonds. The van der Waals surface area contributed by atoms with Gasteiger partial charge >= 0.3 is 6.18 Å². The molecule has 1 aromatic carbocycles. The van der Waals surface area contributed by atoms with Crippen molar-refractivity contribution in [1.82, 2.24) is 0 Å². The number of halogens is 4. The minimum absolute atomic E-state index is 0.114. The maximum atomic E-state index is 13.9. The standard InChI is InChI=1S/C13H16F4N2/c14-11-6-9(7-18)3-4-12(11)19-5-1-2-10(8-19)13(15,16)17/h3-4,6,10H,1-2,5,7-8,18H2. The molecule has 2 rings (SSSR count). The molecule has 6 heteroatoms. The van der Waals surface area contributed by atoms with E-state index < -0.39 is 17.9 Å². The lowest BCUT2D eigenvalue weighted by Crippen LogP contribution is -2.42. The molecule has 2 N–H and O–H groups in total. The van der Waals surface area contributed by atoms with Crippen LogP contribution in [0.25, 0.3) is 0 Å². The van der Waals surface area contributed by atoms with Gasteiger partial charge in [0, 0.05) is 19.6 Å². The molecule has 1 unspecified atom stereocenters. The summed E-state index contributed by atoms with van der Waals surface area (Å²) in [5.74, 6) is -1.89. The van der Waals surface area contributed by atoms with E-state index in [1.54, 1.807) is 6.07 Å². The van der Waals surface area contributed by atoms with E-state index in [1.807, 2.05) is 0 Å². The van der Waals surface area contributed by atoms with Crippen LogP contribution >= 0.6 is 0 Å². The molecule has 0 bridgehead atoms. The van der Waals surface area contributed by atoms with E-state index in [2.05, 4.69) is 0 Å². The molecule has 0 aromatic heterocycles. The number of alkyl halides is 3. The number of nitrogens with two attached hydrogens (primary N) is 1. The second-order valence-corrected chi connectivity index (χ2v) is 4.82. The first kappa shape index (κ1) is 14.1. The number of hydrogen-bond acceptors (Lipinski definition) is 2. The number of hydrogen-bond donors (Lipinski definition) is 1. The van der Waals surface area contributed by atoms with Gasteiger partial charge in [-0.1, -0.05) is 6.07 Å². The quantitative estimate of drug-likeness (QED) is 0.841. The van der Waals surface area contributed by atoms with E-state index in [-0.39, 0.29) is 25.2 Å². The Morgan fingerprint density at radius 1 is 1.32 bits per heavy atom. The van der Waals surface area contributed by atoms with E-state index >= 15 is 0 Å². The Bertz CT molecular complexity index is 445. The summed E-state index contributed by atoms with van der Waals surface area (Å²) in [6, 6.07) is 4.44. The van der Waals surface area contributed by atoms with Crippen LogP contribution in [0.3, 0.4) is 0 Å². The van der Waals surface area contributed by atoms with Gasteiger partial charge in [-0.25, -0.2) is 4.39 Å². The lowest BCUT2D eigenvalue weighted by atomic mass is 9.97. The Morgan fingerprint density at radius 3 is 2.63 bits per heavy atom. The van der Waals surface area contributed by atoms with E-state index in [0.717, 1.165) is 0 Å². The average molecular weight is 276 g/mol.